The lowest BCUT2D eigenvalue weighted by atomic mass is 10.4. The van der Waals surface area contributed by atoms with Crippen molar-refractivity contribution in [3.8, 4) is 0 Å². The average Bonchev–Trinajstić information content (AvgIpc) is 2.37. The Morgan fingerprint density at radius 1 is 1.15 bits per heavy atom. The topological polar surface area (TPSA) is 91.8 Å². The van der Waals surface area contributed by atoms with E-state index in [1.165, 1.54) is 6.08 Å². The third-order valence-electron chi connectivity index (χ3n) is 2.43. The fourth-order valence-electron chi connectivity index (χ4n) is 1.49. The van der Waals surface area contributed by atoms with Gasteiger partial charge in [0.1, 0.15) is 0 Å². The summed E-state index contributed by atoms with van der Waals surface area (Å²) in [5.74, 6) is 0. The van der Waals surface area contributed by atoms with Crippen molar-refractivity contribution >= 4 is 29.8 Å². The summed E-state index contributed by atoms with van der Waals surface area (Å²) in [6.45, 7) is 3.08. The standard InChI is InChI=1S/C11H14ClNO5S2/c1-2-7-13(8-9-14)20(17,18)11-5-3-10(4-6-11)19(12,15)16/h2-6,14H,1,7-9H2. The van der Waals surface area contributed by atoms with Crippen LogP contribution >= 0.6 is 10.7 Å². The van der Waals surface area contributed by atoms with Gasteiger partial charge in [-0.2, -0.15) is 4.31 Å². The number of halogens is 1. The molecule has 0 atom stereocenters. The molecule has 0 spiro atoms. The minimum Gasteiger partial charge on any atom is -0.395 e. The van der Waals surface area contributed by atoms with E-state index in [9.17, 15) is 16.8 Å². The van der Waals surface area contributed by atoms with Crippen LogP contribution in [0.2, 0.25) is 0 Å². The van der Waals surface area contributed by atoms with Crippen molar-refractivity contribution in [2.24, 2.45) is 0 Å². The highest BCUT2D eigenvalue weighted by atomic mass is 35.7. The zero-order valence-electron chi connectivity index (χ0n) is 10.4. The number of rotatable bonds is 7. The van der Waals surface area contributed by atoms with Gasteiger partial charge in [-0.05, 0) is 24.3 Å². The van der Waals surface area contributed by atoms with Gasteiger partial charge in [-0.3, -0.25) is 0 Å². The molecule has 0 unspecified atom stereocenters. The molecule has 112 valence electrons. The highest BCUT2D eigenvalue weighted by molar-refractivity contribution is 8.13. The van der Waals surface area contributed by atoms with Crippen molar-refractivity contribution in [1.29, 1.82) is 0 Å². The summed E-state index contributed by atoms with van der Waals surface area (Å²) >= 11 is 0. The zero-order chi connectivity index (χ0) is 15.4. The molecule has 0 amide bonds. The number of aliphatic hydroxyl groups excluding tert-OH is 1. The SMILES string of the molecule is C=CCN(CCO)S(=O)(=O)c1ccc(S(=O)(=O)Cl)cc1. The summed E-state index contributed by atoms with van der Waals surface area (Å²) in [5.41, 5.74) is 0. The van der Waals surface area contributed by atoms with Crippen molar-refractivity contribution in [3.63, 3.8) is 0 Å². The summed E-state index contributed by atoms with van der Waals surface area (Å²) in [6, 6.07) is 4.52. The molecule has 0 saturated carbocycles. The van der Waals surface area contributed by atoms with Gasteiger partial charge in [-0.15, -0.1) is 6.58 Å². The fraction of sp³-hybridized carbons (Fsp3) is 0.273. The Kier molecular flexibility index (Phi) is 5.72. The van der Waals surface area contributed by atoms with Crippen molar-refractivity contribution in [2.45, 2.75) is 9.79 Å². The molecule has 20 heavy (non-hydrogen) atoms. The molecule has 0 aliphatic rings. The third kappa shape index (κ3) is 4.03. The Hall–Kier alpha value is -0.930. The second kappa shape index (κ2) is 6.68. The zero-order valence-corrected chi connectivity index (χ0v) is 12.8. The molecule has 1 aromatic carbocycles. The maximum absolute atomic E-state index is 12.3. The molecule has 0 bridgehead atoms. The maximum atomic E-state index is 12.3. The molecule has 0 aromatic heterocycles. The Morgan fingerprint density at radius 3 is 2.05 bits per heavy atom. The molecular weight excluding hydrogens is 326 g/mol. The Morgan fingerprint density at radius 2 is 1.65 bits per heavy atom. The lowest BCUT2D eigenvalue weighted by molar-refractivity contribution is 0.260. The van der Waals surface area contributed by atoms with Crippen LogP contribution in [0.4, 0.5) is 0 Å². The summed E-state index contributed by atoms with van der Waals surface area (Å²) in [4.78, 5) is -0.271. The summed E-state index contributed by atoms with van der Waals surface area (Å²) in [7, 11) is -2.57. The minimum absolute atomic E-state index is 0.0401. The van der Waals surface area contributed by atoms with Gasteiger partial charge in [0.2, 0.25) is 10.0 Å². The van der Waals surface area contributed by atoms with Gasteiger partial charge in [0.05, 0.1) is 16.4 Å². The maximum Gasteiger partial charge on any atom is 0.261 e. The number of hydrogen-bond acceptors (Lipinski definition) is 5. The van der Waals surface area contributed by atoms with Crippen molar-refractivity contribution in [1.82, 2.24) is 4.31 Å². The van der Waals surface area contributed by atoms with Gasteiger partial charge < -0.3 is 5.11 Å². The third-order valence-corrected chi connectivity index (χ3v) is 5.67. The quantitative estimate of drug-likeness (QED) is 0.585. The number of benzene rings is 1. The van der Waals surface area contributed by atoms with Gasteiger partial charge in [0.15, 0.2) is 0 Å². The van der Waals surface area contributed by atoms with E-state index < -0.39 is 19.1 Å². The molecule has 6 nitrogen and oxygen atoms in total. The van der Waals surface area contributed by atoms with Gasteiger partial charge in [-0.1, -0.05) is 6.08 Å². The van der Waals surface area contributed by atoms with Crippen LogP contribution in [-0.4, -0.2) is 45.9 Å². The second-order valence-electron chi connectivity index (χ2n) is 3.78. The van der Waals surface area contributed by atoms with E-state index in [0.29, 0.717) is 0 Å². The second-order valence-corrected chi connectivity index (χ2v) is 8.29. The van der Waals surface area contributed by atoms with Crippen LogP contribution in [0.25, 0.3) is 0 Å². The fourth-order valence-corrected chi connectivity index (χ4v) is 3.66. The Balaban J connectivity index is 3.18. The van der Waals surface area contributed by atoms with E-state index in [2.05, 4.69) is 6.58 Å². The van der Waals surface area contributed by atoms with Crippen LogP contribution in [-0.2, 0) is 19.1 Å². The summed E-state index contributed by atoms with van der Waals surface area (Å²) < 4.78 is 47.7. The number of hydrogen-bond donors (Lipinski definition) is 1. The normalized spacial score (nSPS) is 12.6. The van der Waals surface area contributed by atoms with Crippen LogP contribution in [0.5, 0.6) is 0 Å². The first kappa shape index (κ1) is 17.1. The van der Waals surface area contributed by atoms with E-state index in [0.717, 1.165) is 28.6 Å². The molecule has 0 saturated heterocycles. The van der Waals surface area contributed by atoms with E-state index in [1.807, 2.05) is 0 Å². The molecule has 0 heterocycles. The summed E-state index contributed by atoms with van der Waals surface area (Å²) in [6.07, 6.45) is 1.39. The average molecular weight is 340 g/mol. The lowest BCUT2D eigenvalue weighted by Gasteiger charge is -2.19. The predicted molar refractivity (Wildman–Crippen MR) is 75.5 cm³/mol. The van der Waals surface area contributed by atoms with Crippen LogP contribution < -0.4 is 0 Å². The first-order valence-electron chi connectivity index (χ1n) is 5.50. The van der Waals surface area contributed by atoms with Crippen molar-refractivity contribution < 1.29 is 21.9 Å². The van der Waals surface area contributed by atoms with Crippen LogP contribution in [0.15, 0.2) is 46.7 Å². The highest BCUT2D eigenvalue weighted by Gasteiger charge is 2.23. The first-order valence-corrected chi connectivity index (χ1v) is 9.25. The van der Waals surface area contributed by atoms with Crippen LogP contribution in [0.1, 0.15) is 0 Å². The van der Waals surface area contributed by atoms with E-state index in [1.54, 1.807) is 0 Å². The number of nitrogens with zero attached hydrogens (tertiary/aromatic N) is 1. The Labute approximate surface area is 122 Å². The number of sulfonamides is 1. The van der Waals surface area contributed by atoms with Gasteiger partial charge in [-0.25, -0.2) is 16.8 Å². The van der Waals surface area contributed by atoms with E-state index in [4.69, 9.17) is 15.8 Å². The molecular formula is C11H14ClNO5S2. The largest absolute Gasteiger partial charge is 0.395 e. The molecule has 1 rings (SSSR count). The minimum atomic E-state index is -3.90. The smallest absolute Gasteiger partial charge is 0.261 e. The monoisotopic (exact) mass is 339 g/mol. The molecule has 0 aliphatic carbocycles. The highest BCUT2D eigenvalue weighted by Crippen LogP contribution is 2.20. The molecule has 1 aromatic rings. The van der Waals surface area contributed by atoms with Gasteiger partial charge in [0.25, 0.3) is 9.05 Å². The van der Waals surface area contributed by atoms with Gasteiger partial charge in [0, 0.05) is 23.8 Å². The van der Waals surface area contributed by atoms with Crippen LogP contribution in [0.3, 0.4) is 0 Å². The molecule has 0 aliphatic heterocycles. The van der Waals surface area contributed by atoms with Crippen molar-refractivity contribution in [2.75, 3.05) is 19.7 Å². The predicted octanol–water partition coefficient (Wildman–Crippen LogP) is 0.783. The molecule has 9 heteroatoms. The number of aliphatic hydroxyl groups is 1. The summed E-state index contributed by atoms with van der Waals surface area (Å²) in [5, 5.41) is 8.89. The molecule has 0 radical (unpaired) electrons. The van der Waals surface area contributed by atoms with E-state index in [-0.39, 0.29) is 29.5 Å². The van der Waals surface area contributed by atoms with E-state index >= 15 is 0 Å². The molecule has 1 N–H and O–H groups in total. The molecule has 0 fully saturated rings. The van der Waals surface area contributed by atoms with Crippen molar-refractivity contribution in [3.05, 3.63) is 36.9 Å². The lowest BCUT2D eigenvalue weighted by Crippen LogP contribution is -2.33. The van der Waals surface area contributed by atoms with Crippen LogP contribution in [0, 0.1) is 0 Å². The first-order chi connectivity index (χ1) is 9.23. The Bertz CT molecular complexity index is 667. The van der Waals surface area contributed by atoms with Gasteiger partial charge >= 0.3 is 0 Å².